The molecule has 2 aromatic heterocycles. The van der Waals surface area contributed by atoms with E-state index >= 15 is 0 Å². The molecule has 1 aliphatic heterocycles. The predicted octanol–water partition coefficient (Wildman–Crippen LogP) is 3.00. The van der Waals surface area contributed by atoms with Gasteiger partial charge in [0.15, 0.2) is 0 Å². The van der Waals surface area contributed by atoms with Crippen LogP contribution >= 0.6 is 0 Å². The first kappa shape index (κ1) is 15.0. The van der Waals surface area contributed by atoms with Gasteiger partial charge in [0.25, 0.3) is 0 Å². The van der Waals surface area contributed by atoms with Crippen molar-refractivity contribution in [2.45, 2.75) is 38.3 Å². The van der Waals surface area contributed by atoms with Gasteiger partial charge >= 0.3 is 0 Å². The minimum Gasteiger partial charge on any atom is -0.464 e. The number of hydrogen-bond acceptors (Lipinski definition) is 4. The summed E-state index contributed by atoms with van der Waals surface area (Å²) in [5, 5.41) is 7.79. The Bertz CT molecular complexity index is 663. The summed E-state index contributed by atoms with van der Waals surface area (Å²) >= 11 is 0. The van der Waals surface area contributed by atoms with Gasteiger partial charge in [0.1, 0.15) is 17.6 Å². The van der Waals surface area contributed by atoms with E-state index in [0.29, 0.717) is 11.8 Å². The van der Waals surface area contributed by atoms with Crippen LogP contribution in [0, 0.1) is 11.8 Å². The first-order chi connectivity index (χ1) is 11.2. The second-order valence-corrected chi connectivity index (χ2v) is 6.97. The third kappa shape index (κ3) is 3.08. The summed E-state index contributed by atoms with van der Waals surface area (Å²) in [4.78, 5) is 0. The fourth-order valence-corrected chi connectivity index (χ4v) is 3.62. The molecule has 4 atom stereocenters. The smallest absolute Gasteiger partial charge is 0.117 e. The second-order valence-electron chi connectivity index (χ2n) is 6.97. The number of ether oxygens (including phenoxy) is 1. The van der Waals surface area contributed by atoms with Gasteiger partial charge in [-0.1, -0.05) is 6.92 Å². The van der Waals surface area contributed by atoms with E-state index in [1.54, 1.807) is 0 Å². The highest BCUT2D eigenvalue weighted by Crippen LogP contribution is 2.47. The lowest BCUT2D eigenvalue weighted by Gasteiger charge is -2.19. The quantitative estimate of drug-likeness (QED) is 0.890. The van der Waals surface area contributed by atoms with E-state index in [-0.39, 0.29) is 6.10 Å². The normalized spacial score (nSPS) is 30.0. The molecule has 1 saturated heterocycles. The monoisotopic (exact) mass is 315 g/mol. The highest BCUT2D eigenvalue weighted by Gasteiger charge is 2.36. The van der Waals surface area contributed by atoms with Gasteiger partial charge in [-0.2, -0.15) is 5.10 Å². The van der Waals surface area contributed by atoms with Gasteiger partial charge in [0, 0.05) is 38.2 Å². The molecule has 1 N–H and O–H groups in total. The fraction of sp³-hybridized carbons (Fsp3) is 0.611. The fourth-order valence-electron chi connectivity index (χ4n) is 3.62. The summed E-state index contributed by atoms with van der Waals surface area (Å²) in [6.07, 6.45) is 4.34. The minimum absolute atomic E-state index is 0.148. The van der Waals surface area contributed by atoms with Crippen LogP contribution in [0.5, 0.6) is 0 Å². The molecule has 5 nitrogen and oxygen atoms in total. The van der Waals surface area contributed by atoms with Gasteiger partial charge in [0.2, 0.25) is 0 Å². The first-order valence-corrected chi connectivity index (χ1v) is 8.61. The Labute approximate surface area is 137 Å². The molecule has 124 valence electrons. The van der Waals surface area contributed by atoms with Crippen molar-refractivity contribution < 1.29 is 9.15 Å². The average Bonchev–Trinajstić information content (AvgIpc) is 2.98. The topological polar surface area (TPSA) is 52.2 Å². The van der Waals surface area contributed by atoms with Gasteiger partial charge in [-0.05, 0) is 37.0 Å². The summed E-state index contributed by atoms with van der Waals surface area (Å²) in [5.41, 5.74) is 1.16. The first-order valence-electron chi connectivity index (χ1n) is 8.61. The van der Waals surface area contributed by atoms with Crippen molar-refractivity contribution in [1.82, 2.24) is 15.1 Å². The maximum absolute atomic E-state index is 5.95. The van der Waals surface area contributed by atoms with Crippen LogP contribution < -0.4 is 5.32 Å². The van der Waals surface area contributed by atoms with Crippen LogP contribution in [0.4, 0.5) is 0 Å². The Kier molecular flexibility index (Phi) is 3.99. The number of aryl methyl sites for hydroxylation is 1. The minimum atomic E-state index is 0.148. The Morgan fingerprint density at radius 3 is 2.96 bits per heavy atom. The molecular weight excluding hydrogens is 290 g/mol. The van der Waals surface area contributed by atoms with Gasteiger partial charge in [0.05, 0.1) is 12.2 Å². The number of rotatable bonds is 6. The molecule has 2 aliphatic rings. The standard InChI is InChI=1S/C18H25N3O2/c1-12-9-15(12)17-4-3-14(23-17)11-19-10-13-6-8-22-18(13)16-5-7-20-21(16)2/h3-5,7,12-13,15,18-19H,6,8-11H2,1-2H3/t12-,13+,15+,18-/m1/s1. The van der Waals surface area contributed by atoms with E-state index in [1.165, 1.54) is 6.42 Å². The summed E-state index contributed by atoms with van der Waals surface area (Å²) in [6, 6.07) is 6.30. The van der Waals surface area contributed by atoms with Crippen LogP contribution in [0.3, 0.4) is 0 Å². The molecule has 5 heteroatoms. The Morgan fingerprint density at radius 1 is 1.35 bits per heavy atom. The lowest BCUT2D eigenvalue weighted by Crippen LogP contribution is -2.25. The van der Waals surface area contributed by atoms with Crippen molar-refractivity contribution in [1.29, 1.82) is 0 Å². The van der Waals surface area contributed by atoms with Crippen LogP contribution in [-0.2, 0) is 18.3 Å². The maximum Gasteiger partial charge on any atom is 0.117 e. The lowest BCUT2D eigenvalue weighted by molar-refractivity contribution is 0.0836. The van der Waals surface area contributed by atoms with Crippen molar-refractivity contribution in [3.63, 3.8) is 0 Å². The molecule has 0 unspecified atom stereocenters. The van der Waals surface area contributed by atoms with Gasteiger partial charge < -0.3 is 14.5 Å². The highest BCUT2D eigenvalue weighted by molar-refractivity contribution is 5.17. The van der Waals surface area contributed by atoms with Gasteiger partial charge in [-0.25, -0.2) is 0 Å². The number of furan rings is 1. The van der Waals surface area contributed by atoms with Crippen molar-refractivity contribution in [3.8, 4) is 0 Å². The van der Waals surface area contributed by atoms with E-state index in [9.17, 15) is 0 Å². The zero-order valence-corrected chi connectivity index (χ0v) is 13.9. The van der Waals surface area contributed by atoms with Gasteiger partial charge in [-0.15, -0.1) is 0 Å². The summed E-state index contributed by atoms with van der Waals surface area (Å²) in [7, 11) is 1.98. The average molecular weight is 315 g/mol. The van der Waals surface area contributed by atoms with E-state index in [1.807, 2.05) is 17.9 Å². The Balaban J connectivity index is 1.30. The molecule has 1 saturated carbocycles. The number of aromatic nitrogens is 2. The molecule has 0 aromatic carbocycles. The zero-order valence-electron chi connectivity index (χ0n) is 13.9. The molecule has 4 rings (SSSR count). The summed E-state index contributed by atoms with van der Waals surface area (Å²) in [5.74, 6) is 4.13. The van der Waals surface area contributed by atoms with E-state index in [4.69, 9.17) is 9.15 Å². The number of nitrogens with zero attached hydrogens (tertiary/aromatic N) is 2. The second kappa shape index (κ2) is 6.13. The maximum atomic E-state index is 5.95. The van der Waals surface area contributed by atoms with Crippen LogP contribution in [0.25, 0.3) is 0 Å². The molecular formula is C18H25N3O2. The van der Waals surface area contributed by atoms with Crippen LogP contribution in [0.1, 0.15) is 49.0 Å². The molecule has 2 aromatic rings. The third-order valence-corrected chi connectivity index (χ3v) is 5.23. The largest absolute Gasteiger partial charge is 0.464 e. The van der Waals surface area contributed by atoms with Crippen LogP contribution in [0.2, 0.25) is 0 Å². The van der Waals surface area contributed by atoms with Crippen LogP contribution in [-0.4, -0.2) is 22.9 Å². The van der Waals surface area contributed by atoms with Crippen molar-refractivity contribution >= 4 is 0 Å². The van der Waals surface area contributed by atoms with Crippen molar-refractivity contribution in [2.75, 3.05) is 13.2 Å². The molecule has 0 bridgehead atoms. The lowest BCUT2D eigenvalue weighted by atomic mass is 9.99. The van der Waals surface area contributed by atoms with Gasteiger partial charge in [-0.3, -0.25) is 4.68 Å². The number of nitrogens with one attached hydrogen (secondary N) is 1. The zero-order chi connectivity index (χ0) is 15.8. The van der Waals surface area contributed by atoms with E-state index in [2.05, 4.69) is 35.5 Å². The SMILES string of the molecule is C[C@@H]1C[C@@H]1c1ccc(CNC[C@@H]2CCO[C@H]2c2ccnn2C)o1. The Hall–Kier alpha value is -1.59. The number of hydrogen-bond donors (Lipinski definition) is 1. The molecule has 3 heterocycles. The highest BCUT2D eigenvalue weighted by atomic mass is 16.5. The predicted molar refractivity (Wildman–Crippen MR) is 86.9 cm³/mol. The molecule has 0 spiro atoms. The molecule has 2 fully saturated rings. The molecule has 1 aliphatic carbocycles. The summed E-state index contributed by atoms with van der Waals surface area (Å²) < 4.78 is 13.8. The van der Waals surface area contributed by atoms with Crippen molar-refractivity contribution in [3.05, 3.63) is 41.6 Å². The van der Waals surface area contributed by atoms with E-state index < -0.39 is 0 Å². The summed E-state index contributed by atoms with van der Waals surface area (Å²) in [6.45, 7) is 4.83. The molecule has 0 radical (unpaired) electrons. The third-order valence-electron chi connectivity index (χ3n) is 5.23. The Morgan fingerprint density at radius 2 is 2.22 bits per heavy atom. The van der Waals surface area contributed by atoms with E-state index in [0.717, 1.165) is 49.2 Å². The molecule has 23 heavy (non-hydrogen) atoms. The molecule has 0 amide bonds. The van der Waals surface area contributed by atoms with Crippen LogP contribution in [0.15, 0.2) is 28.8 Å². The van der Waals surface area contributed by atoms with Crippen molar-refractivity contribution in [2.24, 2.45) is 18.9 Å².